The molecule has 0 bridgehead atoms. The van der Waals surface area contributed by atoms with E-state index in [1.54, 1.807) is 0 Å². The SMILES string of the molecule is Cc1c(C)c(C)c(C([O])(c2c(C)c(C)c(C)c(C)c2C)c2c(C)c(C)c(C)c(C)c2C)c(C)c1C. The van der Waals surface area contributed by atoms with Crippen LogP contribution in [0.2, 0.25) is 0 Å². The van der Waals surface area contributed by atoms with Crippen LogP contribution in [0.25, 0.3) is 0 Å². The average molecular weight is 470 g/mol. The van der Waals surface area contributed by atoms with Gasteiger partial charge in [0.2, 0.25) is 0 Å². The highest BCUT2D eigenvalue weighted by molar-refractivity contribution is 5.67. The Bertz CT molecular complexity index is 1130. The zero-order chi connectivity index (χ0) is 26.9. The van der Waals surface area contributed by atoms with Gasteiger partial charge in [0.15, 0.2) is 5.60 Å². The summed E-state index contributed by atoms with van der Waals surface area (Å²) in [7, 11) is 0. The van der Waals surface area contributed by atoms with E-state index in [4.69, 9.17) is 0 Å². The van der Waals surface area contributed by atoms with Gasteiger partial charge < -0.3 is 0 Å². The van der Waals surface area contributed by atoms with Crippen molar-refractivity contribution in [1.82, 2.24) is 0 Å². The molecule has 0 aliphatic heterocycles. The van der Waals surface area contributed by atoms with Crippen LogP contribution in [0.5, 0.6) is 0 Å². The molecule has 0 aromatic heterocycles. The Morgan fingerprint density at radius 2 is 0.371 bits per heavy atom. The van der Waals surface area contributed by atoms with Crippen LogP contribution in [0.15, 0.2) is 0 Å². The third-order valence-electron chi connectivity index (χ3n) is 10.1. The predicted molar refractivity (Wildman–Crippen MR) is 151 cm³/mol. The molecule has 0 aliphatic carbocycles. The monoisotopic (exact) mass is 469 g/mol. The summed E-state index contributed by atoms with van der Waals surface area (Å²) < 4.78 is 0. The Kier molecular flexibility index (Phi) is 6.94. The number of hydrogen-bond donors (Lipinski definition) is 0. The molecule has 35 heavy (non-hydrogen) atoms. The summed E-state index contributed by atoms with van der Waals surface area (Å²) in [6, 6.07) is 0. The highest BCUT2D eigenvalue weighted by Gasteiger charge is 2.45. The fraction of sp³-hybridized carbons (Fsp3) is 0.471. The smallest absolute Gasteiger partial charge is 0.180 e. The van der Waals surface area contributed by atoms with Crippen molar-refractivity contribution in [2.75, 3.05) is 0 Å². The van der Waals surface area contributed by atoms with E-state index < -0.39 is 5.60 Å². The molecule has 0 saturated heterocycles. The summed E-state index contributed by atoms with van der Waals surface area (Å²) in [5, 5.41) is 16.3. The van der Waals surface area contributed by atoms with Crippen molar-refractivity contribution < 1.29 is 5.11 Å². The largest absolute Gasteiger partial charge is 0.214 e. The van der Waals surface area contributed by atoms with Gasteiger partial charge in [-0.25, -0.2) is 5.11 Å². The van der Waals surface area contributed by atoms with Gasteiger partial charge in [-0.1, -0.05) is 0 Å². The van der Waals surface area contributed by atoms with E-state index in [2.05, 4.69) is 104 Å². The van der Waals surface area contributed by atoms with E-state index in [0.29, 0.717) is 0 Å². The van der Waals surface area contributed by atoms with E-state index >= 15 is 5.11 Å². The van der Waals surface area contributed by atoms with Gasteiger partial charge in [0, 0.05) is 16.7 Å². The number of benzene rings is 3. The van der Waals surface area contributed by atoms with Gasteiger partial charge in [-0.2, -0.15) is 0 Å². The minimum absolute atomic E-state index is 0.945. The van der Waals surface area contributed by atoms with Crippen molar-refractivity contribution in [2.24, 2.45) is 0 Å². The minimum atomic E-state index is -1.51. The average Bonchev–Trinajstić information content (AvgIpc) is 2.81. The lowest BCUT2D eigenvalue weighted by atomic mass is 9.67. The molecule has 3 aromatic rings. The standard InChI is InChI=1S/C34H45O/c1-16-19(4)25(10)31(26(11)20(16)5)34(35,32-27(12)21(6)17(2)22(7)28(32)13)33-29(14)23(8)18(3)24(9)30(33)15/h1-15H3. The zero-order valence-electron chi connectivity index (χ0n) is 24.9. The Morgan fingerprint density at radius 3 is 0.514 bits per heavy atom. The van der Waals surface area contributed by atoms with E-state index in [0.717, 1.165) is 50.1 Å². The minimum Gasteiger partial charge on any atom is -0.214 e. The Hall–Kier alpha value is -2.38. The van der Waals surface area contributed by atoms with Crippen LogP contribution in [-0.2, 0) is 10.7 Å². The molecule has 1 heteroatoms. The normalized spacial score (nSPS) is 12.0. The van der Waals surface area contributed by atoms with Crippen molar-refractivity contribution in [3.05, 3.63) is 100 Å². The summed E-state index contributed by atoms with van der Waals surface area (Å²) in [4.78, 5) is 0. The molecular formula is C34H45O. The van der Waals surface area contributed by atoms with Crippen molar-refractivity contribution >= 4 is 0 Å². The molecule has 0 saturated carbocycles. The first-order chi connectivity index (χ1) is 16.0. The summed E-state index contributed by atoms with van der Waals surface area (Å²) in [5.74, 6) is 0. The van der Waals surface area contributed by atoms with E-state index in [1.807, 2.05) is 0 Å². The van der Waals surface area contributed by atoms with Gasteiger partial charge in [0.05, 0.1) is 0 Å². The van der Waals surface area contributed by atoms with E-state index in [9.17, 15) is 0 Å². The van der Waals surface area contributed by atoms with Gasteiger partial charge in [-0.15, -0.1) is 0 Å². The molecule has 1 nitrogen and oxygen atoms in total. The predicted octanol–water partition coefficient (Wildman–Crippen LogP) is 9.04. The lowest BCUT2D eigenvalue weighted by Crippen LogP contribution is -2.35. The van der Waals surface area contributed by atoms with Gasteiger partial charge in [-0.3, -0.25) is 0 Å². The highest BCUT2D eigenvalue weighted by atomic mass is 16.3. The van der Waals surface area contributed by atoms with Crippen molar-refractivity contribution in [3.8, 4) is 0 Å². The van der Waals surface area contributed by atoms with Crippen LogP contribution in [0.3, 0.4) is 0 Å². The molecule has 0 N–H and O–H groups in total. The first-order valence-corrected chi connectivity index (χ1v) is 13.0. The maximum atomic E-state index is 16.3. The molecular weight excluding hydrogens is 424 g/mol. The zero-order valence-corrected chi connectivity index (χ0v) is 24.9. The van der Waals surface area contributed by atoms with Gasteiger partial charge in [0.25, 0.3) is 0 Å². The molecule has 0 spiro atoms. The fourth-order valence-electron chi connectivity index (χ4n) is 6.46. The fourth-order valence-corrected chi connectivity index (χ4v) is 6.46. The van der Waals surface area contributed by atoms with Crippen LogP contribution in [-0.4, -0.2) is 0 Å². The molecule has 1 radical (unpaired) electrons. The first-order valence-electron chi connectivity index (χ1n) is 13.0. The Labute approximate surface area is 214 Å². The van der Waals surface area contributed by atoms with Crippen LogP contribution in [0, 0.1) is 104 Å². The third-order valence-corrected chi connectivity index (χ3v) is 10.1. The molecule has 0 unspecified atom stereocenters. The van der Waals surface area contributed by atoms with Crippen molar-refractivity contribution in [1.29, 1.82) is 0 Å². The molecule has 0 fully saturated rings. The quantitative estimate of drug-likeness (QED) is 0.341. The molecule has 3 aromatic carbocycles. The molecule has 187 valence electrons. The first kappa shape index (κ1) is 27.2. The van der Waals surface area contributed by atoms with Crippen molar-refractivity contribution in [3.63, 3.8) is 0 Å². The Morgan fingerprint density at radius 1 is 0.257 bits per heavy atom. The maximum absolute atomic E-state index is 16.3. The second kappa shape index (κ2) is 8.93. The van der Waals surface area contributed by atoms with Crippen LogP contribution < -0.4 is 0 Å². The third kappa shape index (κ3) is 3.61. The van der Waals surface area contributed by atoms with Gasteiger partial charge >= 0.3 is 0 Å². The van der Waals surface area contributed by atoms with Crippen LogP contribution in [0.1, 0.15) is 100 Å². The van der Waals surface area contributed by atoms with E-state index in [-0.39, 0.29) is 0 Å². The summed E-state index contributed by atoms with van der Waals surface area (Å²) in [6.07, 6.45) is 0. The highest BCUT2D eigenvalue weighted by Crippen LogP contribution is 2.50. The van der Waals surface area contributed by atoms with Gasteiger partial charge in [0.1, 0.15) is 0 Å². The summed E-state index contributed by atoms with van der Waals surface area (Å²) >= 11 is 0. The molecule has 0 amide bonds. The van der Waals surface area contributed by atoms with Crippen LogP contribution in [0.4, 0.5) is 0 Å². The second-order valence-corrected chi connectivity index (χ2v) is 11.2. The van der Waals surface area contributed by atoms with Gasteiger partial charge in [-0.05, 0) is 187 Å². The molecule has 0 atom stereocenters. The van der Waals surface area contributed by atoms with Crippen LogP contribution >= 0.6 is 0 Å². The second-order valence-electron chi connectivity index (χ2n) is 11.2. The van der Waals surface area contributed by atoms with Crippen molar-refractivity contribution in [2.45, 2.75) is 109 Å². The topological polar surface area (TPSA) is 19.9 Å². The number of hydrogen-bond acceptors (Lipinski definition) is 0. The number of rotatable bonds is 3. The van der Waals surface area contributed by atoms with E-state index in [1.165, 1.54) is 50.1 Å². The summed E-state index contributed by atoms with van der Waals surface area (Å²) in [5.41, 5.74) is 19.4. The molecule has 0 heterocycles. The Balaban J connectivity index is 2.78. The lowest BCUT2D eigenvalue weighted by molar-refractivity contribution is 0.0374. The molecule has 3 rings (SSSR count). The molecule has 0 aliphatic rings. The maximum Gasteiger partial charge on any atom is 0.180 e. The lowest BCUT2D eigenvalue weighted by Gasteiger charge is -2.39. The summed E-state index contributed by atoms with van der Waals surface area (Å²) in [6.45, 7) is 32.6.